The van der Waals surface area contributed by atoms with Gasteiger partial charge in [-0.05, 0) is 19.8 Å². The van der Waals surface area contributed by atoms with E-state index in [4.69, 9.17) is 0 Å². The summed E-state index contributed by atoms with van der Waals surface area (Å²) in [5.41, 5.74) is 0.714. The van der Waals surface area contributed by atoms with E-state index in [2.05, 4.69) is 36.4 Å². The summed E-state index contributed by atoms with van der Waals surface area (Å²) in [4.78, 5) is 15.1. The highest BCUT2D eigenvalue weighted by Crippen LogP contribution is 2.18. The molecule has 124 valence electrons. The van der Waals surface area contributed by atoms with Gasteiger partial charge >= 0.3 is 0 Å². The number of hydrogen-bond acceptors (Lipinski definition) is 3. The molecule has 1 atom stereocenters. The van der Waals surface area contributed by atoms with E-state index in [9.17, 15) is 10.1 Å². The molecule has 0 radical (unpaired) electrons. The number of nitro benzene ring substituents is 1. The van der Waals surface area contributed by atoms with Crippen molar-refractivity contribution in [1.82, 2.24) is 10.6 Å². The van der Waals surface area contributed by atoms with E-state index < -0.39 is 0 Å². The van der Waals surface area contributed by atoms with Gasteiger partial charge in [-0.25, -0.2) is 4.99 Å². The molecule has 0 aliphatic carbocycles. The molecule has 1 unspecified atom stereocenters. The highest BCUT2D eigenvalue weighted by molar-refractivity contribution is 14.0. The van der Waals surface area contributed by atoms with E-state index in [-0.39, 0.29) is 47.2 Å². The van der Waals surface area contributed by atoms with Crippen LogP contribution in [0.15, 0.2) is 29.3 Å². The topological polar surface area (TPSA) is 79.6 Å². The maximum Gasteiger partial charge on any atom is 0.274 e. The molecule has 0 aromatic heterocycles. The molecule has 0 aliphatic heterocycles. The molecule has 22 heavy (non-hydrogen) atoms. The number of guanidine groups is 1. The zero-order chi connectivity index (χ0) is 15.8. The monoisotopic (exact) mass is 420 g/mol. The van der Waals surface area contributed by atoms with Gasteiger partial charge in [0.05, 0.1) is 17.0 Å². The quantitative estimate of drug-likeness (QED) is 0.243. The highest BCUT2D eigenvalue weighted by atomic mass is 127. The molecule has 0 bridgehead atoms. The maximum absolute atomic E-state index is 11.0. The van der Waals surface area contributed by atoms with Crippen molar-refractivity contribution in [2.75, 3.05) is 6.54 Å². The van der Waals surface area contributed by atoms with Crippen LogP contribution in [-0.2, 0) is 6.54 Å². The first kappa shape index (κ1) is 20.6. The summed E-state index contributed by atoms with van der Waals surface area (Å²) < 4.78 is 0. The summed E-state index contributed by atoms with van der Waals surface area (Å²) in [6.07, 6.45) is 0. The standard InChI is InChI=1S/C15H24N4O2.HI/c1-5-16-15(18-12(4)11(2)3)17-10-13-8-6-7-9-14(13)19(20)21;/h6-9,11-12H,5,10H2,1-4H3,(H2,16,17,18);1H. The molecule has 1 rings (SSSR count). The Labute approximate surface area is 149 Å². The van der Waals surface area contributed by atoms with Crippen LogP contribution in [0.2, 0.25) is 0 Å². The fourth-order valence-electron chi connectivity index (χ4n) is 1.69. The summed E-state index contributed by atoms with van der Waals surface area (Å²) in [6, 6.07) is 6.96. The number of hydrogen-bond donors (Lipinski definition) is 2. The Hall–Kier alpha value is -1.38. The Kier molecular flexibility index (Phi) is 9.71. The first-order valence-corrected chi connectivity index (χ1v) is 7.22. The van der Waals surface area contributed by atoms with E-state index in [1.165, 1.54) is 6.07 Å². The molecule has 2 N–H and O–H groups in total. The van der Waals surface area contributed by atoms with E-state index in [0.717, 1.165) is 6.54 Å². The summed E-state index contributed by atoms with van der Waals surface area (Å²) in [5.74, 6) is 1.15. The summed E-state index contributed by atoms with van der Waals surface area (Å²) in [5, 5.41) is 17.4. The van der Waals surface area contributed by atoms with Crippen molar-refractivity contribution < 1.29 is 4.92 Å². The van der Waals surface area contributed by atoms with Crippen LogP contribution in [0, 0.1) is 16.0 Å². The fraction of sp³-hybridized carbons (Fsp3) is 0.533. The zero-order valence-corrected chi connectivity index (χ0v) is 15.8. The number of para-hydroxylation sites is 1. The molecule has 0 spiro atoms. The lowest BCUT2D eigenvalue weighted by atomic mass is 10.1. The van der Waals surface area contributed by atoms with Gasteiger partial charge in [0.15, 0.2) is 5.96 Å². The predicted molar refractivity (Wildman–Crippen MR) is 101 cm³/mol. The van der Waals surface area contributed by atoms with Crippen molar-refractivity contribution >= 4 is 35.6 Å². The number of nitrogens with one attached hydrogen (secondary N) is 2. The van der Waals surface area contributed by atoms with Crippen LogP contribution in [-0.4, -0.2) is 23.5 Å². The Balaban J connectivity index is 0.00000441. The Bertz CT molecular complexity index is 506. The molecule has 1 aromatic rings. The Morgan fingerprint density at radius 2 is 1.95 bits per heavy atom. The lowest BCUT2D eigenvalue weighted by Gasteiger charge is -2.20. The molecule has 1 aromatic carbocycles. The maximum atomic E-state index is 11.0. The molecule has 7 heteroatoms. The van der Waals surface area contributed by atoms with Gasteiger partial charge in [-0.1, -0.05) is 32.0 Å². The normalized spacial score (nSPS) is 12.5. The van der Waals surface area contributed by atoms with Crippen LogP contribution in [0.1, 0.15) is 33.3 Å². The minimum atomic E-state index is -0.373. The van der Waals surface area contributed by atoms with Gasteiger partial charge in [-0.2, -0.15) is 0 Å². The number of aliphatic imine (C=N–C) groups is 1. The van der Waals surface area contributed by atoms with Crippen LogP contribution >= 0.6 is 24.0 Å². The molecule has 0 saturated carbocycles. The van der Waals surface area contributed by atoms with Crippen molar-refractivity contribution in [1.29, 1.82) is 0 Å². The van der Waals surface area contributed by atoms with Gasteiger partial charge in [0.2, 0.25) is 0 Å². The number of nitro groups is 1. The first-order valence-electron chi connectivity index (χ1n) is 7.22. The predicted octanol–water partition coefficient (Wildman–Crippen LogP) is 3.31. The van der Waals surface area contributed by atoms with Gasteiger partial charge in [0.25, 0.3) is 5.69 Å². The van der Waals surface area contributed by atoms with Gasteiger partial charge in [0.1, 0.15) is 0 Å². The first-order chi connectivity index (χ1) is 9.95. The second kappa shape index (κ2) is 10.4. The SMILES string of the molecule is CCNC(=NCc1ccccc1[N+](=O)[O-])NC(C)C(C)C.I. The molecule has 0 heterocycles. The number of benzene rings is 1. The summed E-state index contributed by atoms with van der Waals surface area (Å²) >= 11 is 0. The van der Waals surface area contributed by atoms with E-state index >= 15 is 0 Å². The van der Waals surface area contributed by atoms with Crippen LogP contribution < -0.4 is 10.6 Å². The lowest BCUT2D eigenvalue weighted by molar-refractivity contribution is -0.385. The largest absolute Gasteiger partial charge is 0.357 e. The van der Waals surface area contributed by atoms with Crippen molar-refractivity contribution in [3.8, 4) is 0 Å². The lowest BCUT2D eigenvalue weighted by Crippen LogP contribution is -2.44. The molecular weight excluding hydrogens is 395 g/mol. The number of rotatable bonds is 6. The van der Waals surface area contributed by atoms with Crippen molar-refractivity contribution in [2.24, 2.45) is 10.9 Å². The van der Waals surface area contributed by atoms with Crippen molar-refractivity contribution in [3.63, 3.8) is 0 Å². The van der Waals surface area contributed by atoms with Gasteiger partial charge in [0, 0.05) is 18.7 Å². The average molecular weight is 420 g/mol. The summed E-state index contributed by atoms with van der Waals surface area (Å²) in [7, 11) is 0. The van der Waals surface area contributed by atoms with Crippen LogP contribution in [0.4, 0.5) is 5.69 Å². The molecular formula is C15H25IN4O2. The minimum absolute atomic E-state index is 0. The summed E-state index contributed by atoms with van der Waals surface area (Å²) in [6.45, 7) is 9.35. The Morgan fingerprint density at radius 3 is 2.50 bits per heavy atom. The average Bonchev–Trinajstić information content (AvgIpc) is 2.45. The molecule has 0 amide bonds. The van der Waals surface area contributed by atoms with Gasteiger partial charge in [-0.15, -0.1) is 24.0 Å². The Morgan fingerprint density at radius 1 is 1.32 bits per heavy atom. The molecule has 0 fully saturated rings. The van der Waals surface area contributed by atoms with Crippen LogP contribution in [0.5, 0.6) is 0 Å². The molecule has 0 aliphatic rings. The van der Waals surface area contributed by atoms with Gasteiger partial charge in [-0.3, -0.25) is 10.1 Å². The zero-order valence-electron chi connectivity index (χ0n) is 13.5. The third-order valence-electron chi connectivity index (χ3n) is 3.30. The number of halogens is 1. The van der Waals surface area contributed by atoms with E-state index in [1.54, 1.807) is 18.2 Å². The number of nitrogens with zero attached hydrogens (tertiary/aromatic N) is 2. The smallest absolute Gasteiger partial charge is 0.274 e. The van der Waals surface area contributed by atoms with E-state index in [0.29, 0.717) is 17.4 Å². The van der Waals surface area contributed by atoms with Gasteiger partial charge < -0.3 is 10.6 Å². The van der Waals surface area contributed by atoms with Crippen LogP contribution in [0.3, 0.4) is 0 Å². The third-order valence-corrected chi connectivity index (χ3v) is 3.30. The second-order valence-corrected chi connectivity index (χ2v) is 5.26. The third kappa shape index (κ3) is 6.59. The highest BCUT2D eigenvalue weighted by Gasteiger charge is 2.13. The van der Waals surface area contributed by atoms with E-state index in [1.807, 2.05) is 6.92 Å². The molecule has 0 saturated heterocycles. The van der Waals surface area contributed by atoms with Crippen LogP contribution in [0.25, 0.3) is 0 Å². The molecule has 6 nitrogen and oxygen atoms in total. The minimum Gasteiger partial charge on any atom is -0.357 e. The van der Waals surface area contributed by atoms with Crippen molar-refractivity contribution in [3.05, 3.63) is 39.9 Å². The second-order valence-electron chi connectivity index (χ2n) is 5.26. The fourth-order valence-corrected chi connectivity index (χ4v) is 1.69. The van der Waals surface area contributed by atoms with Crippen molar-refractivity contribution in [2.45, 2.75) is 40.3 Å².